The molecule has 4 rings (SSSR count). The number of anilines is 1. The standard InChI is InChI=1S/C25H28N4O4S/c30-22(16-21-23(31)28-25(34-21)29-13-2-1-3-14-29)27-20-10-8-19(9-11-20)24(32)33-15-5-7-18-6-4-12-26-17-18/h4,6,8-12,17,21H,1-3,5,7,13-16H2,(H,27,30). The summed E-state index contributed by atoms with van der Waals surface area (Å²) in [5.74, 6) is -0.909. The van der Waals surface area contributed by atoms with E-state index < -0.39 is 11.2 Å². The number of pyridine rings is 1. The molecular formula is C25H28N4O4S. The van der Waals surface area contributed by atoms with Crippen molar-refractivity contribution in [2.45, 2.75) is 43.8 Å². The molecule has 34 heavy (non-hydrogen) atoms. The third-order valence-electron chi connectivity index (χ3n) is 5.70. The van der Waals surface area contributed by atoms with Gasteiger partial charge < -0.3 is 15.0 Å². The lowest BCUT2D eigenvalue weighted by molar-refractivity contribution is -0.121. The SMILES string of the molecule is O=C(CC1SC(N2CCCCC2)=NC1=O)Nc1ccc(C(=O)OCCCc2cccnc2)cc1. The molecule has 3 heterocycles. The smallest absolute Gasteiger partial charge is 0.338 e. The second-order valence-corrected chi connectivity index (χ2v) is 9.49. The Hall–Kier alpha value is -3.20. The fourth-order valence-corrected chi connectivity index (χ4v) is 4.99. The highest BCUT2D eigenvalue weighted by Gasteiger charge is 2.33. The third kappa shape index (κ3) is 6.66. The molecule has 1 N–H and O–H groups in total. The molecule has 178 valence electrons. The highest BCUT2D eigenvalue weighted by atomic mass is 32.2. The van der Waals surface area contributed by atoms with Crippen LogP contribution in [0.2, 0.25) is 0 Å². The van der Waals surface area contributed by atoms with Gasteiger partial charge in [0.05, 0.1) is 12.2 Å². The lowest BCUT2D eigenvalue weighted by Gasteiger charge is -2.27. The fourth-order valence-electron chi connectivity index (χ4n) is 3.87. The molecule has 0 radical (unpaired) electrons. The number of amidine groups is 1. The summed E-state index contributed by atoms with van der Waals surface area (Å²) in [5, 5.41) is 3.05. The van der Waals surface area contributed by atoms with Crippen LogP contribution in [0.5, 0.6) is 0 Å². The van der Waals surface area contributed by atoms with Gasteiger partial charge in [-0.1, -0.05) is 17.8 Å². The minimum Gasteiger partial charge on any atom is -0.462 e. The molecule has 0 bridgehead atoms. The third-order valence-corrected chi connectivity index (χ3v) is 6.91. The van der Waals surface area contributed by atoms with Crippen molar-refractivity contribution in [1.29, 1.82) is 0 Å². The van der Waals surface area contributed by atoms with Gasteiger partial charge in [-0.3, -0.25) is 14.6 Å². The van der Waals surface area contributed by atoms with Crippen molar-refractivity contribution in [1.82, 2.24) is 9.88 Å². The lowest BCUT2D eigenvalue weighted by atomic mass is 10.1. The molecule has 1 saturated heterocycles. The number of nitrogens with one attached hydrogen (secondary N) is 1. The van der Waals surface area contributed by atoms with E-state index in [1.165, 1.54) is 18.2 Å². The average molecular weight is 481 g/mol. The van der Waals surface area contributed by atoms with E-state index >= 15 is 0 Å². The summed E-state index contributed by atoms with van der Waals surface area (Å²) < 4.78 is 5.33. The van der Waals surface area contributed by atoms with Crippen molar-refractivity contribution in [3.8, 4) is 0 Å². The topological polar surface area (TPSA) is 101 Å². The number of thioether (sulfide) groups is 1. The van der Waals surface area contributed by atoms with E-state index in [0.29, 0.717) is 24.3 Å². The predicted octanol–water partition coefficient (Wildman–Crippen LogP) is 3.68. The van der Waals surface area contributed by atoms with Gasteiger partial charge in [-0.05, 0) is 68.0 Å². The maximum Gasteiger partial charge on any atom is 0.338 e. The molecule has 2 aliphatic heterocycles. The number of ether oxygens (including phenoxy) is 1. The number of esters is 1. The second-order valence-electron chi connectivity index (χ2n) is 8.32. The van der Waals surface area contributed by atoms with Gasteiger partial charge in [-0.25, -0.2) is 4.79 Å². The van der Waals surface area contributed by atoms with Crippen molar-refractivity contribution in [3.63, 3.8) is 0 Å². The van der Waals surface area contributed by atoms with Gasteiger partial charge in [0.1, 0.15) is 5.25 Å². The molecule has 0 spiro atoms. The Bertz CT molecular complexity index is 1040. The Morgan fingerprint density at radius 2 is 1.91 bits per heavy atom. The number of piperidine rings is 1. The van der Waals surface area contributed by atoms with Crippen LogP contribution >= 0.6 is 11.8 Å². The molecule has 2 aliphatic rings. The summed E-state index contributed by atoms with van der Waals surface area (Å²) in [5.41, 5.74) is 2.08. The first-order valence-corrected chi connectivity index (χ1v) is 12.5. The Balaban J connectivity index is 1.19. The molecule has 1 fully saturated rings. The summed E-state index contributed by atoms with van der Waals surface area (Å²) in [4.78, 5) is 47.3. The summed E-state index contributed by atoms with van der Waals surface area (Å²) in [6.45, 7) is 2.15. The van der Waals surface area contributed by atoms with Crippen molar-refractivity contribution >= 4 is 40.4 Å². The molecule has 0 saturated carbocycles. The second kappa shape index (κ2) is 11.8. The van der Waals surface area contributed by atoms with Crippen molar-refractivity contribution in [3.05, 3.63) is 59.9 Å². The molecule has 9 heteroatoms. The van der Waals surface area contributed by atoms with Crippen LogP contribution in [0.25, 0.3) is 0 Å². The molecule has 1 unspecified atom stereocenters. The van der Waals surface area contributed by atoms with E-state index in [4.69, 9.17) is 4.74 Å². The molecule has 8 nitrogen and oxygen atoms in total. The van der Waals surface area contributed by atoms with Crippen LogP contribution in [0.4, 0.5) is 5.69 Å². The van der Waals surface area contributed by atoms with Crippen LogP contribution in [-0.2, 0) is 20.7 Å². The van der Waals surface area contributed by atoms with E-state index in [9.17, 15) is 14.4 Å². The number of aromatic nitrogens is 1. The Kier molecular flexibility index (Phi) is 8.30. The Labute approximate surface area is 203 Å². The van der Waals surface area contributed by atoms with Crippen LogP contribution in [-0.4, -0.2) is 57.8 Å². The number of aryl methyl sites for hydroxylation is 1. The van der Waals surface area contributed by atoms with Crippen LogP contribution in [0.15, 0.2) is 53.8 Å². The van der Waals surface area contributed by atoms with Gasteiger partial charge in [-0.2, -0.15) is 4.99 Å². The van der Waals surface area contributed by atoms with Crippen LogP contribution in [0.3, 0.4) is 0 Å². The monoisotopic (exact) mass is 480 g/mol. The molecule has 2 amide bonds. The van der Waals surface area contributed by atoms with Gasteiger partial charge in [0.2, 0.25) is 5.91 Å². The number of benzene rings is 1. The van der Waals surface area contributed by atoms with Gasteiger partial charge >= 0.3 is 5.97 Å². The van der Waals surface area contributed by atoms with Crippen LogP contribution in [0, 0.1) is 0 Å². The number of carbonyl (C=O) groups is 3. The summed E-state index contributed by atoms with van der Waals surface area (Å²) in [6.07, 6.45) is 8.51. The first-order chi connectivity index (χ1) is 16.6. The average Bonchev–Trinajstić information content (AvgIpc) is 3.23. The van der Waals surface area contributed by atoms with Gasteiger partial charge in [0, 0.05) is 37.6 Å². The molecule has 0 aliphatic carbocycles. The van der Waals surface area contributed by atoms with Gasteiger partial charge in [0.15, 0.2) is 5.17 Å². The van der Waals surface area contributed by atoms with Gasteiger partial charge in [0.25, 0.3) is 5.91 Å². The zero-order valence-electron chi connectivity index (χ0n) is 18.9. The number of carbonyl (C=O) groups excluding carboxylic acids is 3. The van der Waals surface area contributed by atoms with E-state index in [1.54, 1.807) is 36.7 Å². The predicted molar refractivity (Wildman–Crippen MR) is 132 cm³/mol. The lowest BCUT2D eigenvalue weighted by Crippen LogP contribution is -2.33. The number of amides is 2. The minimum absolute atomic E-state index is 0.0606. The van der Waals surface area contributed by atoms with Crippen molar-refractivity contribution < 1.29 is 19.1 Å². The van der Waals surface area contributed by atoms with Gasteiger partial charge in [-0.15, -0.1) is 0 Å². The number of hydrogen-bond donors (Lipinski definition) is 1. The molecule has 1 atom stereocenters. The number of rotatable bonds is 8. The summed E-state index contributed by atoms with van der Waals surface area (Å²) >= 11 is 1.38. The fraction of sp³-hybridized carbons (Fsp3) is 0.400. The largest absolute Gasteiger partial charge is 0.462 e. The van der Waals surface area contributed by atoms with Crippen LogP contribution < -0.4 is 5.32 Å². The van der Waals surface area contributed by atoms with E-state index in [1.807, 2.05) is 12.1 Å². The summed E-state index contributed by atoms with van der Waals surface area (Å²) in [6, 6.07) is 10.4. The summed E-state index contributed by atoms with van der Waals surface area (Å²) in [7, 11) is 0. The zero-order chi connectivity index (χ0) is 23.8. The Morgan fingerprint density at radius 1 is 1.12 bits per heavy atom. The zero-order valence-corrected chi connectivity index (χ0v) is 19.8. The number of nitrogens with zero attached hydrogens (tertiary/aromatic N) is 3. The molecule has 2 aromatic rings. The highest BCUT2D eigenvalue weighted by molar-refractivity contribution is 8.15. The van der Waals surface area contributed by atoms with E-state index in [0.717, 1.165) is 43.1 Å². The number of hydrogen-bond acceptors (Lipinski definition) is 7. The molecule has 1 aromatic heterocycles. The molecular weight excluding hydrogens is 452 g/mol. The quantitative estimate of drug-likeness (QED) is 0.454. The van der Waals surface area contributed by atoms with Crippen molar-refractivity contribution in [2.75, 3.05) is 25.0 Å². The minimum atomic E-state index is -0.488. The number of likely N-dealkylation sites (tertiary alicyclic amines) is 1. The normalized spacial score (nSPS) is 17.9. The van der Waals surface area contributed by atoms with E-state index in [-0.39, 0.29) is 18.2 Å². The van der Waals surface area contributed by atoms with E-state index in [2.05, 4.69) is 20.2 Å². The van der Waals surface area contributed by atoms with Crippen LogP contribution in [0.1, 0.15) is 48.0 Å². The Morgan fingerprint density at radius 3 is 2.65 bits per heavy atom. The maximum atomic E-state index is 12.5. The number of aliphatic imine (C=N–C) groups is 1. The van der Waals surface area contributed by atoms with Crippen molar-refractivity contribution in [2.24, 2.45) is 4.99 Å². The first-order valence-electron chi connectivity index (χ1n) is 11.6. The maximum absolute atomic E-state index is 12.5. The first kappa shape index (κ1) is 23.9. The molecule has 1 aromatic carbocycles. The highest BCUT2D eigenvalue weighted by Crippen LogP contribution is 2.29.